The van der Waals surface area contributed by atoms with E-state index in [-0.39, 0.29) is 11.3 Å². The Bertz CT molecular complexity index is 588. The predicted molar refractivity (Wildman–Crippen MR) is 78.4 cm³/mol. The average Bonchev–Trinajstić information content (AvgIpc) is 2.53. The smallest absolute Gasteiger partial charge is 0.306 e. The number of benzene rings is 2. The lowest BCUT2D eigenvalue weighted by atomic mass is 10.1. The van der Waals surface area contributed by atoms with Gasteiger partial charge < -0.3 is 9.47 Å². The van der Waals surface area contributed by atoms with E-state index in [1.54, 1.807) is 36.4 Å². The number of halogens is 3. The molecule has 0 radical (unpaired) electrons. The Labute approximate surface area is 127 Å². The molecule has 0 fully saturated rings. The molecular formula is C16H15ClF2O2. The summed E-state index contributed by atoms with van der Waals surface area (Å²) in [7, 11) is 1.45. The van der Waals surface area contributed by atoms with Crippen LogP contribution in [0.3, 0.4) is 0 Å². The van der Waals surface area contributed by atoms with Gasteiger partial charge in [-0.25, -0.2) is 0 Å². The fraction of sp³-hybridized carbons (Fsp3) is 0.250. The van der Waals surface area contributed by atoms with Crippen LogP contribution in [0.4, 0.5) is 8.78 Å². The molecule has 0 saturated carbocycles. The van der Waals surface area contributed by atoms with Gasteiger partial charge >= 0.3 is 5.92 Å². The molecule has 0 saturated heterocycles. The highest BCUT2D eigenvalue weighted by atomic mass is 35.5. The monoisotopic (exact) mass is 312 g/mol. The summed E-state index contributed by atoms with van der Waals surface area (Å²) in [5, 5.41) is 0. The molecule has 0 spiro atoms. The van der Waals surface area contributed by atoms with Crippen molar-refractivity contribution in [3.8, 4) is 11.5 Å². The molecular weight excluding hydrogens is 298 g/mol. The van der Waals surface area contributed by atoms with E-state index >= 15 is 0 Å². The fourth-order valence-corrected chi connectivity index (χ4v) is 2.01. The van der Waals surface area contributed by atoms with Crippen LogP contribution in [0.1, 0.15) is 11.1 Å². The summed E-state index contributed by atoms with van der Waals surface area (Å²) in [5.41, 5.74) is 0.747. The molecule has 5 heteroatoms. The summed E-state index contributed by atoms with van der Waals surface area (Å²) in [5.74, 6) is -2.10. The van der Waals surface area contributed by atoms with Crippen molar-refractivity contribution in [3.63, 3.8) is 0 Å². The summed E-state index contributed by atoms with van der Waals surface area (Å²) in [6, 6.07) is 12.5. The number of ether oxygens (including phenoxy) is 2. The molecule has 0 unspecified atom stereocenters. The third-order valence-electron chi connectivity index (χ3n) is 2.99. The first kappa shape index (κ1) is 15.6. The van der Waals surface area contributed by atoms with E-state index in [2.05, 4.69) is 0 Å². The van der Waals surface area contributed by atoms with Crippen molar-refractivity contribution in [2.75, 3.05) is 13.7 Å². The van der Waals surface area contributed by atoms with Crippen LogP contribution in [-0.4, -0.2) is 13.7 Å². The van der Waals surface area contributed by atoms with Crippen LogP contribution < -0.4 is 9.47 Å². The lowest BCUT2D eigenvalue weighted by Crippen LogP contribution is -2.23. The quantitative estimate of drug-likeness (QED) is 0.725. The summed E-state index contributed by atoms with van der Waals surface area (Å²) in [6.45, 7) is -0.756. The van der Waals surface area contributed by atoms with E-state index in [0.29, 0.717) is 11.6 Å². The number of alkyl halides is 3. The Hall–Kier alpha value is -1.81. The minimum absolute atomic E-state index is 0.0821. The molecule has 0 N–H and O–H groups in total. The molecule has 0 aliphatic rings. The third kappa shape index (κ3) is 3.85. The Kier molecular flexibility index (Phi) is 5.02. The highest BCUT2D eigenvalue weighted by Crippen LogP contribution is 2.33. The summed E-state index contributed by atoms with van der Waals surface area (Å²) in [6.07, 6.45) is 0. The molecule has 2 nitrogen and oxygen atoms in total. The zero-order valence-corrected chi connectivity index (χ0v) is 12.2. The third-order valence-corrected chi connectivity index (χ3v) is 3.30. The lowest BCUT2D eigenvalue weighted by molar-refractivity contribution is -0.0472. The second-order valence-corrected chi connectivity index (χ2v) is 4.75. The van der Waals surface area contributed by atoms with Crippen LogP contribution in [-0.2, 0) is 11.8 Å². The highest BCUT2D eigenvalue weighted by Gasteiger charge is 2.32. The average molecular weight is 313 g/mol. The summed E-state index contributed by atoms with van der Waals surface area (Å²) >= 11 is 5.72. The normalized spacial score (nSPS) is 11.2. The number of rotatable bonds is 6. The molecule has 0 aliphatic carbocycles. The maximum absolute atomic E-state index is 14.0. The molecule has 0 aromatic heterocycles. The van der Waals surface area contributed by atoms with Gasteiger partial charge in [-0.15, -0.1) is 11.6 Å². The van der Waals surface area contributed by atoms with Crippen molar-refractivity contribution in [1.29, 1.82) is 0 Å². The Morgan fingerprint density at radius 2 is 1.76 bits per heavy atom. The topological polar surface area (TPSA) is 18.5 Å². The van der Waals surface area contributed by atoms with Gasteiger partial charge in [0.25, 0.3) is 0 Å². The van der Waals surface area contributed by atoms with Gasteiger partial charge in [0.1, 0.15) is 0 Å². The second kappa shape index (κ2) is 6.76. The molecule has 0 aliphatic heterocycles. The maximum Gasteiger partial charge on any atom is 0.306 e. The Morgan fingerprint density at radius 3 is 2.38 bits per heavy atom. The molecule has 2 aromatic carbocycles. The minimum Gasteiger partial charge on any atom is -0.493 e. The second-order valence-electron chi connectivity index (χ2n) is 4.48. The largest absolute Gasteiger partial charge is 0.493 e. The van der Waals surface area contributed by atoms with Crippen LogP contribution in [0.25, 0.3) is 0 Å². The van der Waals surface area contributed by atoms with Crippen LogP contribution in [0.15, 0.2) is 48.5 Å². The van der Waals surface area contributed by atoms with E-state index in [0.717, 1.165) is 5.56 Å². The highest BCUT2D eigenvalue weighted by molar-refractivity contribution is 6.17. The van der Waals surface area contributed by atoms with E-state index < -0.39 is 12.5 Å². The molecule has 21 heavy (non-hydrogen) atoms. The molecule has 2 aromatic rings. The van der Waals surface area contributed by atoms with Crippen LogP contribution >= 0.6 is 11.6 Å². The maximum atomic E-state index is 14.0. The summed E-state index contributed by atoms with van der Waals surface area (Å²) < 4.78 is 38.4. The van der Waals surface area contributed by atoms with Crippen molar-refractivity contribution in [2.24, 2.45) is 0 Å². The van der Waals surface area contributed by atoms with Crippen LogP contribution in [0, 0.1) is 0 Å². The zero-order valence-electron chi connectivity index (χ0n) is 11.5. The van der Waals surface area contributed by atoms with Gasteiger partial charge in [-0.2, -0.15) is 8.78 Å². The van der Waals surface area contributed by atoms with Crippen molar-refractivity contribution in [3.05, 3.63) is 59.7 Å². The first-order chi connectivity index (χ1) is 10.1. The molecule has 2 rings (SSSR count). The van der Waals surface area contributed by atoms with Crippen molar-refractivity contribution < 1.29 is 18.3 Å². The number of hydrogen-bond donors (Lipinski definition) is 0. The number of hydrogen-bond acceptors (Lipinski definition) is 2. The molecule has 0 heterocycles. The Balaban J connectivity index is 2.12. The van der Waals surface area contributed by atoms with Crippen molar-refractivity contribution >= 4 is 11.6 Å². The van der Waals surface area contributed by atoms with Gasteiger partial charge in [0.2, 0.25) is 0 Å². The van der Waals surface area contributed by atoms with Crippen molar-refractivity contribution in [2.45, 2.75) is 11.8 Å². The Morgan fingerprint density at radius 1 is 1.05 bits per heavy atom. The van der Waals surface area contributed by atoms with Gasteiger partial charge in [0.05, 0.1) is 7.11 Å². The molecule has 0 atom stereocenters. The predicted octanol–water partition coefficient (Wildman–Crippen LogP) is 4.60. The van der Waals surface area contributed by atoms with Gasteiger partial charge in [0.15, 0.2) is 18.1 Å². The van der Waals surface area contributed by atoms with Gasteiger partial charge in [0, 0.05) is 11.4 Å². The first-order valence-electron chi connectivity index (χ1n) is 6.36. The first-order valence-corrected chi connectivity index (χ1v) is 6.89. The van der Waals surface area contributed by atoms with E-state index in [1.165, 1.54) is 19.2 Å². The minimum atomic E-state index is -3.07. The van der Waals surface area contributed by atoms with Gasteiger partial charge in [-0.3, -0.25) is 0 Å². The SMILES string of the molecule is COc1cc(CCl)ccc1OCC(F)(F)c1ccccc1. The van der Waals surface area contributed by atoms with E-state index in [4.69, 9.17) is 21.1 Å². The molecule has 0 amide bonds. The molecule has 0 bridgehead atoms. The fourth-order valence-electron chi connectivity index (χ4n) is 1.85. The number of methoxy groups -OCH3 is 1. The van der Waals surface area contributed by atoms with Gasteiger partial charge in [-0.1, -0.05) is 36.4 Å². The lowest BCUT2D eigenvalue weighted by Gasteiger charge is -2.18. The summed E-state index contributed by atoms with van der Waals surface area (Å²) in [4.78, 5) is 0. The van der Waals surface area contributed by atoms with E-state index in [1.807, 2.05) is 0 Å². The van der Waals surface area contributed by atoms with Crippen LogP contribution in [0.2, 0.25) is 0 Å². The van der Waals surface area contributed by atoms with Crippen molar-refractivity contribution in [1.82, 2.24) is 0 Å². The van der Waals surface area contributed by atoms with Gasteiger partial charge in [-0.05, 0) is 17.7 Å². The zero-order chi connectivity index (χ0) is 15.3. The van der Waals surface area contributed by atoms with Crippen LogP contribution in [0.5, 0.6) is 11.5 Å². The molecule has 112 valence electrons. The standard InChI is InChI=1S/C16H15ClF2O2/c1-20-15-9-12(10-17)7-8-14(15)21-11-16(18,19)13-5-3-2-4-6-13/h2-9H,10-11H2,1H3. The van der Waals surface area contributed by atoms with E-state index in [9.17, 15) is 8.78 Å².